The fourth-order valence-corrected chi connectivity index (χ4v) is 3.79. The molecule has 2 N–H and O–H groups in total. The zero-order chi connectivity index (χ0) is 13.9. The van der Waals surface area contributed by atoms with Gasteiger partial charge in [-0.05, 0) is 0 Å². The average molecular weight is 326 g/mol. The zero-order valence-electron chi connectivity index (χ0n) is 10.2. The van der Waals surface area contributed by atoms with Crippen LogP contribution in [0.3, 0.4) is 0 Å². The van der Waals surface area contributed by atoms with Crippen molar-refractivity contribution < 1.29 is 19.7 Å². The molecule has 1 aromatic rings. The number of nitrogens with zero attached hydrogens (tertiary/aromatic N) is 1. The van der Waals surface area contributed by atoms with E-state index in [1.165, 1.54) is 0 Å². The van der Waals surface area contributed by atoms with Crippen LogP contribution in [0.25, 0.3) is 0 Å². The van der Waals surface area contributed by atoms with Crippen molar-refractivity contribution in [1.29, 1.82) is 0 Å². The quantitative estimate of drug-likeness (QED) is 0.487. The number of benzene rings is 1. The summed E-state index contributed by atoms with van der Waals surface area (Å²) in [5.41, 5.74) is 0.870. The first kappa shape index (κ1) is 14.0. The second kappa shape index (κ2) is 5.67. The van der Waals surface area contributed by atoms with Gasteiger partial charge in [-0.2, -0.15) is 0 Å². The van der Waals surface area contributed by atoms with Gasteiger partial charge >= 0.3 is 116 Å². The van der Waals surface area contributed by atoms with Gasteiger partial charge in [0.05, 0.1) is 0 Å². The van der Waals surface area contributed by atoms with Crippen molar-refractivity contribution >= 4 is 25.5 Å². The second-order valence-electron chi connectivity index (χ2n) is 3.77. The van der Waals surface area contributed by atoms with Gasteiger partial charge in [0.1, 0.15) is 0 Å². The van der Waals surface area contributed by atoms with E-state index in [9.17, 15) is 9.90 Å². The molecule has 100 valence electrons. The SMILES string of the molecule is CCOC1(O)N=C(c2ccccc2)[Se]/C1=C\C(=O)O. The third-order valence-corrected chi connectivity index (χ3v) is 4.76. The molecule has 0 fully saturated rings. The summed E-state index contributed by atoms with van der Waals surface area (Å²) in [5, 5.41) is 19.2. The topological polar surface area (TPSA) is 79.1 Å². The normalized spacial score (nSPS) is 24.5. The van der Waals surface area contributed by atoms with Crippen molar-refractivity contribution in [3.8, 4) is 0 Å². The molecule has 0 radical (unpaired) electrons. The maximum absolute atomic E-state index is 10.8. The number of rotatable bonds is 4. The van der Waals surface area contributed by atoms with Crippen molar-refractivity contribution in [3.63, 3.8) is 0 Å². The van der Waals surface area contributed by atoms with Gasteiger partial charge in [-0.25, -0.2) is 0 Å². The summed E-state index contributed by atoms with van der Waals surface area (Å²) in [4.78, 5) is 15.0. The van der Waals surface area contributed by atoms with Crippen LogP contribution in [-0.4, -0.2) is 48.3 Å². The van der Waals surface area contributed by atoms with Crippen molar-refractivity contribution in [2.75, 3.05) is 6.61 Å². The van der Waals surface area contributed by atoms with E-state index in [1.54, 1.807) is 6.92 Å². The van der Waals surface area contributed by atoms with Crippen molar-refractivity contribution in [2.24, 2.45) is 4.99 Å². The molecule has 0 bridgehead atoms. The fraction of sp³-hybridized carbons (Fsp3) is 0.231. The standard InChI is InChI=1S/C13H13NO4Se/c1-2-18-13(17)10(8-11(15)16)19-12(14-13)9-6-4-3-5-7-9/h3-8,17H,2H2,1H3,(H,15,16)/b10-8-. The monoisotopic (exact) mass is 327 g/mol. The van der Waals surface area contributed by atoms with E-state index in [0.29, 0.717) is 9.08 Å². The molecule has 5 nitrogen and oxygen atoms in total. The first-order valence-electron chi connectivity index (χ1n) is 5.69. The van der Waals surface area contributed by atoms with Crippen LogP contribution in [0.15, 0.2) is 45.9 Å². The van der Waals surface area contributed by atoms with E-state index in [2.05, 4.69) is 4.99 Å². The number of hydrogen-bond acceptors (Lipinski definition) is 4. The Morgan fingerprint density at radius 2 is 2.16 bits per heavy atom. The number of aliphatic imine (C=N–C) groups is 1. The van der Waals surface area contributed by atoms with Crippen LogP contribution in [-0.2, 0) is 9.53 Å². The summed E-state index contributed by atoms with van der Waals surface area (Å²) < 4.78 is 6.18. The molecule has 1 heterocycles. The third kappa shape index (κ3) is 3.11. The first-order valence-corrected chi connectivity index (χ1v) is 7.41. The molecular weight excluding hydrogens is 313 g/mol. The van der Waals surface area contributed by atoms with Gasteiger partial charge in [0.15, 0.2) is 0 Å². The summed E-state index contributed by atoms with van der Waals surface area (Å²) in [6.07, 6.45) is 0.981. The zero-order valence-corrected chi connectivity index (χ0v) is 12.0. The van der Waals surface area contributed by atoms with Crippen molar-refractivity contribution in [2.45, 2.75) is 12.8 Å². The number of carboxylic acid groups (broad SMARTS) is 1. The average Bonchev–Trinajstić information content (AvgIpc) is 2.68. The number of carboxylic acids is 1. The minimum absolute atomic E-state index is 0.245. The number of aliphatic hydroxyl groups is 1. The molecule has 1 aliphatic rings. The van der Waals surface area contributed by atoms with Crippen molar-refractivity contribution in [1.82, 2.24) is 0 Å². The first-order chi connectivity index (χ1) is 9.05. The predicted octanol–water partition coefficient (Wildman–Crippen LogP) is 0.802. The Morgan fingerprint density at radius 1 is 1.47 bits per heavy atom. The van der Waals surface area contributed by atoms with E-state index in [-0.39, 0.29) is 21.6 Å². The van der Waals surface area contributed by atoms with Gasteiger partial charge in [-0.1, -0.05) is 0 Å². The molecular formula is C13H13NO4Se. The molecule has 1 aromatic carbocycles. The Bertz CT molecular complexity index is 541. The van der Waals surface area contributed by atoms with Gasteiger partial charge in [-0.15, -0.1) is 0 Å². The van der Waals surface area contributed by atoms with Gasteiger partial charge in [0, 0.05) is 0 Å². The summed E-state index contributed by atoms with van der Waals surface area (Å²) >= 11 is -0.371. The Morgan fingerprint density at radius 3 is 2.74 bits per heavy atom. The molecule has 6 heteroatoms. The molecule has 0 aromatic heterocycles. The molecule has 0 saturated heterocycles. The van der Waals surface area contributed by atoms with E-state index in [1.807, 2.05) is 30.3 Å². The van der Waals surface area contributed by atoms with Gasteiger partial charge < -0.3 is 0 Å². The van der Waals surface area contributed by atoms with Crippen LogP contribution >= 0.6 is 0 Å². The van der Waals surface area contributed by atoms with Crippen LogP contribution in [0.2, 0.25) is 0 Å². The Kier molecular flexibility index (Phi) is 4.17. The molecule has 1 unspecified atom stereocenters. The molecule has 0 aliphatic carbocycles. The number of ether oxygens (including phenoxy) is 1. The minimum atomic E-state index is -1.84. The van der Waals surface area contributed by atoms with Crippen LogP contribution in [0.4, 0.5) is 0 Å². The summed E-state index contributed by atoms with van der Waals surface area (Å²) in [5.74, 6) is -2.95. The summed E-state index contributed by atoms with van der Waals surface area (Å²) in [6, 6.07) is 9.36. The summed E-state index contributed by atoms with van der Waals surface area (Å²) in [7, 11) is 0. The summed E-state index contributed by atoms with van der Waals surface area (Å²) in [6.45, 7) is 1.97. The van der Waals surface area contributed by atoms with Crippen LogP contribution < -0.4 is 0 Å². The molecule has 1 aliphatic heterocycles. The second-order valence-corrected chi connectivity index (χ2v) is 5.94. The van der Waals surface area contributed by atoms with Gasteiger partial charge in [0.25, 0.3) is 0 Å². The Hall–Kier alpha value is -1.46. The van der Waals surface area contributed by atoms with Gasteiger partial charge in [0.2, 0.25) is 0 Å². The number of aliphatic carboxylic acids is 1. The fourth-order valence-electron chi connectivity index (χ4n) is 1.63. The van der Waals surface area contributed by atoms with Crippen LogP contribution in [0, 0.1) is 0 Å². The van der Waals surface area contributed by atoms with Crippen molar-refractivity contribution in [3.05, 3.63) is 46.4 Å². The molecule has 2 rings (SSSR count). The van der Waals surface area contributed by atoms with Crippen LogP contribution in [0.1, 0.15) is 12.5 Å². The van der Waals surface area contributed by atoms with E-state index >= 15 is 0 Å². The molecule has 0 spiro atoms. The molecule has 0 amide bonds. The molecule has 19 heavy (non-hydrogen) atoms. The predicted molar refractivity (Wildman–Crippen MR) is 71.0 cm³/mol. The molecule has 1 atom stereocenters. The number of carbonyl (C=O) groups is 1. The molecule has 0 saturated carbocycles. The van der Waals surface area contributed by atoms with Gasteiger partial charge in [-0.3, -0.25) is 0 Å². The third-order valence-electron chi connectivity index (χ3n) is 2.40. The van der Waals surface area contributed by atoms with Crippen LogP contribution in [0.5, 0.6) is 0 Å². The maximum atomic E-state index is 10.8. The van der Waals surface area contributed by atoms with E-state index in [0.717, 1.165) is 11.6 Å². The Labute approximate surface area is 116 Å². The van der Waals surface area contributed by atoms with E-state index in [4.69, 9.17) is 9.84 Å². The Balaban J connectivity index is 2.37. The number of hydrogen-bond donors (Lipinski definition) is 2. The van der Waals surface area contributed by atoms with E-state index < -0.39 is 11.9 Å².